The first-order valence-electron chi connectivity index (χ1n) is 16.9. The molecule has 0 radical (unpaired) electrons. The molecule has 0 atom stereocenters. The van der Waals surface area contributed by atoms with Gasteiger partial charge in [0.1, 0.15) is 11.5 Å². The Morgan fingerprint density at radius 1 is 0.367 bits per heavy atom. The lowest BCUT2D eigenvalue weighted by Gasteiger charge is -2.39. The second kappa shape index (κ2) is 10.8. The van der Waals surface area contributed by atoms with Crippen molar-refractivity contribution in [2.75, 3.05) is 4.90 Å². The molecule has 1 spiro atoms. The van der Waals surface area contributed by atoms with E-state index in [4.69, 9.17) is 4.74 Å². The molecular weight excluding hydrogens is 595 g/mol. The zero-order valence-corrected chi connectivity index (χ0v) is 26.8. The van der Waals surface area contributed by atoms with Crippen LogP contribution < -0.4 is 9.64 Å². The highest BCUT2D eigenvalue weighted by Crippen LogP contribution is 2.62. The highest BCUT2D eigenvalue weighted by molar-refractivity contribution is 5.95. The van der Waals surface area contributed by atoms with Gasteiger partial charge < -0.3 is 9.64 Å². The zero-order valence-electron chi connectivity index (χ0n) is 26.8. The van der Waals surface area contributed by atoms with Crippen LogP contribution in [0.2, 0.25) is 0 Å². The standard InChI is InChI=1S/C47H31NO/c1-2-15-33(16-3-1)37-18-7-11-23-44(37)48(35-27-26-32-14-4-5-17-34(32)30-35)36-28-29-39-38-19-6-8-20-40(38)47(43(39)31-36)41-21-9-12-24-45(41)49-46-25-13-10-22-42(46)47/h1-31H. The van der Waals surface area contributed by atoms with Crippen LogP contribution in [0, 0.1) is 0 Å². The smallest absolute Gasteiger partial charge is 0.132 e. The summed E-state index contributed by atoms with van der Waals surface area (Å²) in [5, 5.41) is 2.43. The van der Waals surface area contributed by atoms with Crippen molar-refractivity contribution in [3.63, 3.8) is 0 Å². The van der Waals surface area contributed by atoms with E-state index in [2.05, 4.69) is 193 Å². The summed E-state index contributed by atoms with van der Waals surface area (Å²) in [6, 6.07) is 67.9. The van der Waals surface area contributed by atoms with Gasteiger partial charge in [-0.05, 0) is 81.1 Å². The fourth-order valence-electron chi connectivity index (χ4n) is 8.25. The maximum Gasteiger partial charge on any atom is 0.132 e. The van der Waals surface area contributed by atoms with Crippen LogP contribution in [0.15, 0.2) is 188 Å². The monoisotopic (exact) mass is 625 g/mol. The minimum atomic E-state index is -0.540. The van der Waals surface area contributed by atoms with Gasteiger partial charge in [-0.2, -0.15) is 0 Å². The van der Waals surface area contributed by atoms with Crippen LogP contribution in [0.25, 0.3) is 33.0 Å². The third-order valence-corrected chi connectivity index (χ3v) is 10.3. The predicted molar refractivity (Wildman–Crippen MR) is 201 cm³/mol. The van der Waals surface area contributed by atoms with E-state index in [1.807, 2.05) is 0 Å². The zero-order chi connectivity index (χ0) is 32.4. The molecule has 2 aliphatic rings. The average Bonchev–Trinajstić information content (AvgIpc) is 3.45. The molecule has 1 aliphatic heterocycles. The summed E-state index contributed by atoms with van der Waals surface area (Å²) < 4.78 is 6.61. The highest BCUT2D eigenvalue weighted by Gasteiger charge is 2.51. The molecule has 8 aromatic rings. The Hall–Kier alpha value is -6.38. The van der Waals surface area contributed by atoms with Crippen LogP contribution in [0.1, 0.15) is 22.3 Å². The number of nitrogens with zero attached hydrogens (tertiary/aromatic N) is 1. The summed E-state index contributed by atoms with van der Waals surface area (Å²) in [6.45, 7) is 0. The Morgan fingerprint density at radius 3 is 1.69 bits per heavy atom. The van der Waals surface area contributed by atoms with E-state index in [0.717, 1.165) is 28.6 Å². The van der Waals surface area contributed by atoms with Gasteiger partial charge in [-0.15, -0.1) is 0 Å². The van der Waals surface area contributed by atoms with Gasteiger partial charge in [0.05, 0.1) is 11.1 Å². The number of fused-ring (bicyclic) bond motifs is 10. The molecule has 0 N–H and O–H groups in total. The number of benzene rings is 8. The van der Waals surface area contributed by atoms with Gasteiger partial charge in [0.25, 0.3) is 0 Å². The molecule has 0 saturated heterocycles. The fourth-order valence-corrected chi connectivity index (χ4v) is 8.25. The SMILES string of the molecule is c1ccc(-c2ccccc2N(c2ccc3c(c2)C2(c4ccccc4Oc4ccccc42)c2ccccc2-3)c2ccc3ccccc3c2)cc1. The first kappa shape index (κ1) is 27.7. The maximum absolute atomic E-state index is 6.61. The summed E-state index contributed by atoms with van der Waals surface area (Å²) in [7, 11) is 0. The van der Waals surface area contributed by atoms with E-state index in [-0.39, 0.29) is 0 Å². The summed E-state index contributed by atoms with van der Waals surface area (Å²) in [6.07, 6.45) is 0. The maximum atomic E-state index is 6.61. The van der Waals surface area contributed by atoms with Crippen LogP contribution in [-0.4, -0.2) is 0 Å². The third kappa shape index (κ3) is 4.07. The van der Waals surface area contributed by atoms with Gasteiger partial charge in [-0.1, -0.05) is 146 Å². The van der Waals surface area contributed by atoms with Gasteiger partial charge in [0.2, 0.25) is 0 Å². The van der Waals surface area contributed by atoms with Crippen LogP contribution in [0.5, 0.6) is 11.5 Å². The molecule has 0 saturated carbocycles. The fraction of sp³-hybridized carbons (Fsp3) is 0.0213. The molecule has 10 rings (SSSR count). The van der Waals surface area contributed by atoms with Gasteiger partial charge in [0.15, 0.2) is 0 Å². The number of hydrogen-bond donors (Lipinski definition) is 0. The van der Waals surface area contributed by atoms with Crippen LogP contribution in [-0.2, 0) is 5.41 Å². The van der Waals surface area contributed by atoms with Crippen LogP contribution in [0.3, 0.4) is 0 Å². The Balaban J connectivity index is 1.28. The number of anilines is 3. The van der Waals surface area contributed by atoms with Gasteiger partial charge in [0, 0.05) is 28.1 Å². The molecule has 2 nitrogen and oxygen atoms in total. The number of ether oxygens (including phenoxy) is 1. The predicted octanol–water partition coefficient (Wildman–Crippen LogP) is 12.4. The van der Waals surface area contributed by atoms with Crippen LogP contribution in [0.4, 0.5) is 17.1 Å². The molecule has 0 unspecified atom stereocenters. The first-order valence-corrected chi connectivity index (χ1v) is 16.9. The average molecular weight is 626 g/mol. The minimum Gasteiger partial charge on any atom is -0.457 e. The van der Waals surface area contributed by atoms with Crippen molar-refractivity contribution in [2.45, 2.75) is 5.41 Å². The lowest BCUT2D eigenvalue weighted by molar-refractivity contribution is 0.436. The van der Waals surface area contributed by atoms with Crippen LogP contribution >= 0.6 is 0 Å². The molecule has 1 aliphatic carbocycles. The summed E-state index contributed by atoms with van der Waals surface area (Å²) in [4.78, 5) is 2.43. The van der Waals surface area contributed by atoms with Gasteiger partial charge in [-0.25, -0.2) is 0 Å². The van der Waals surface area contributed by atoms with E-state index in [1.54, 1.807) is 0 Å². The van der Waals surface area contributed by atoms with Crippen molar-refractivity contribution < 1.29 is 4.74 Å². The Labute approximate surface area is 286 Å². The molecule has 0 bridgehead atoms. The molecular formula is C47H31NO. The summed E-state index contributed by atoms with van der Waals surface area (Å²) in [5.41, 5.74) is 12.5. The van der Waals surface area contributed by atoms with E-state index in [1.165, 1.54) is 55.3 Å². The lowest BCUT2D eigenvalue weighted by atomic mass is 9.66. The van der Waals surface area contributed by atoms with Crippen molar-refractivity contribution in [3.8, 4) is 33.8 Å². The molecule has 2 heteroatoms. The molecule has 1 heterocycles. The topological polar surface area (TPSA) is 12.5 Å². The Kier molecular flexibility index (Phi) is 6.13. The second-order valence-electron chi connectivity index (χ2n) is 12.9. The van der Waals surface area contributed by atoms with E-state index in [0.29, 0.717) is 0 Å². The number of rotatable bonds is 4. The van der Waals surface area contributed by atoms with Gasteiger partial charge >= 0.3 is 0 Å². The highest BCUT2D eigenvalue weighted by atomic mass is 16.5. The molecule has 0 aromatic heterocycles. The molecule has 8 aromatic carbocycles. The van der Waals surface area contributed by atoms with Gasteiger partial charge in [-0.3, -0.25) is 0 Å². The number of hydrogen-bond acceptors (Lipinski definition) is 2. The largest absolute Gasteiger partial charge is 0.457 e. The van der Waals surface area contributed by atoms with Crippen molar-refractivity contribution in [1.82, 2.24) is 0 Å². The van der Waals surface area contributed by atoms with Crippen molar-refractivity contribution >= 4 is 27.8 Å². The third-order valence-electron chi connectivity index (χ3n) is 10.3. The Bertz CT molecular complexity index is 2500. The van der Waals surface area contributed by atoms with Crippen molar-refractivity contribution in [3.05, 3.63) is 210 Å². The molecule has 49 heavy (non-hydrogen) atoms. The van der Waals surface area contributed by atoms with E-state index in [9.17, 15) is 0 Å². The molecule has 230 valence electrons. The minimum absolute atomic E-state index is 0.540. The lowest BCUT2D eigenvalue weighted by Crippen LogP contribution is -2.32. The van der Waals surface area contributed by atoms with E-state index >= 15 is 0 Å². The quantitative estimate of drug-likeness (QED) is 0.193. The summed E-state index contributed by atoms with van der Waals surface area (Å²) >= 11 is 0. The van der Waals surface area contributed by atoms with Crippen molar-refractivity contribution in [2.24, 2.45) is 0 Å². The van der Waals surface area contributed by atoms with Crippen molar-refractivity contribution in [1.29, 1.82) is 0 Å². The van der Waals surface area contributed by atoms with E-state index < -0.39 is 5.41 Å². The molecule has 0 amide bonds. The number of para-hydroxylation sites is 3. The molecule has 0 fully saturated rings. The first-order chi connectivity index (χ1) is 24.3. The summed E-state index contributed by atoms with van der Waals surface area (Å²) in [5.74, 6) is 1.80. The second-order valence-corrected chi connectivity index (χ2v) is 12.9. The normalized spacial score (nSPS) is 13.2. The Morgan fingerprint density at radius 2 is 0.918 bits per heavy atom.